The molecule has 0 unspecified atom stereocenters. The molecule has 3 aromatic rings. The van der Waals surface area contributed by atoms with E-state index in [4.69, 9.17) is 4.42 Å². The minimum Gasteiger partial charge on any atom is -0.441 e. The number of hydrogen-bond acceptors (Lipinski definition) is 3. The van der Waals surface area contributed by atoms with Crippen molar-refractivity contribution in [2.45, 2.75) is 26.9 Å². The van der Waals surface area contributed by atoms with Gasteiger partial charge in [-0.25, -0.2) is 4.98 Å². The molecule has 98 valence electrons. The first kappa shape index (κ1) is 11.8. The molecule has 19 heavy (non-hydrogen) atoms. The van der Waals surface area contributed by atoms with Gasteiger partial charge in [-0.3, -0.25) is 0 Å². The van der Waals surface area contributed by atoms with E-state index in [1.807, 2.05) is 25.1 Å². The number of oxazole rings is 1. The van der Waals surface area contributed by atoms with Crippen LogP contribution in [0.1, 0.15) is 18.4 Å². The second-order valence-electron chi connectivity index (χ2n) is 4.62. The topological polar surface area (TPSA) is 43.0 Å². The minimum atomic E-state index is 0.701. The zero-order chi connectivity index (χ0) is 13.2. The maximum atomic E-state index is 5.46. The standard InChI is InChI=1S/C15H17N3O/c1-3-18-7-6-12(10-18)9-16-13-4-5-15-14(8-13)17-11(2)19-15/h4-8,10,16H,3,9H2,1-2H3. The Hall–Kier alpha value is -2.23. The van der Waals surface area contributed by atoms with E-state index in [9.17, 15) is 0 Å². The molecule has 4 nitrogen and oxygen atoms in total. The molecule has 0 atom stereocenters. The van der Waals surface area contributed by atoms with Gasteiger partial charge in [0.25, 0.3) is 0 Å². The van der Waals surface area contributed by atoms with Crippen LogP contribution in [-0.2, 0) is 13.1 Å². The Morgan fingerprint density at radius 2 is 2.21 bits per heavy atom. The van der Waals surface area contributed by atoms with Gasteiger partial charge in [-0.05, 0) is 36.8 Å². The van der Waals surface area contributed by atoms with Crippen molar-refractivity contribution < 1.29 is 4.42 Å². The predicted molar refractivity (Wildman–Crippen MR) is 76.2 cm³/mol. The highest BCUT2D eigenvalue weighted by molar-refractivity contribution is 5.77. The molecule has 1 aromatic carbocycles. The lowest BCUT2D eigenvalue weighted by atomic mass is 10.2. The monoisotopic (exact) mass is 255 g/mol. The smallest absolute Gasteiger partial charge is 0.192 e. The van der Waals surface area contributed by atoms with Gasteiger partial charge in [0.1, 0.15) is 5.52 Å². The summed E-state index contributed by atoms with van der Waals surface area (Å²) in [6, 6.07) is 8.12. The van der Waals surface area contributed by atoms with Gasteiger partial charge in [-0.1, -0.05) is 0 Å². The van der Waals surface area contributed by atoms with Gasteiger partial charge in [0.15, 0.2) is 11.5 Å². The minimum absolute atomic E-state index is 0.701. The Kier molecular flexibility index (Phi) is 2.99. The number of anilines is 1. The Bertz CT molecular complexity index is 696. The summed E-state index contributed by atoms with van der Waals surface area (Å²) < 4.78 is 7.63. The number of nitrogens with zero attached hydrogens (tertiary/aromatic N) is 2. The Morgan fingerprint density at radius 1 is 1.32 bits per heavy atom. The first-order valence-corrected chi connectivity index (χ1v) is 6.50. The van der Waals surface area contributed by atoms with E-state index in [-0.39, 0.29) is 0 Å². The van der Waals surface area contributed by atoms with Crippen molar-refractivity contribution in [1.82, 2.24) is 9.55 Å². The van der Waals surface area contributed by atoms with Gasteiger partial charge in [0.2, 0.25) is 0 Å². The Balaban J connectivity index is 1.73. The number of fused-ring (bicyclic) bond motifs is 1. The van der Waals surface area contributed by atoms with E-state index in [2.05, 4.69) is 40.3 Å². The molecule has 2 aromatic heterocycles. The van der Waals surface area contributed by atoms with Crippen LogP contribution in [0.15, 0.2) is 41.1 Å². The number of aryl methyl sites for hydroxylation is 2. The van der Waals surface area contributed by atoms with Gasteiger partial charge in [0.05, 0.1) is 0 Å². The molecule has 0 amide bonds. The van der Waals surface area contributed by atoms with Crippen molar-refractivity contribution in [2.24, 2.45) is 0 Å². The van der Waals surface area contributed by atoms with Crippen molar-refractivity contribution in [3.63, 3.8) is 0 Å². The average molecular weight is 255 g/mol. The molecule has 0 saturated heterocycles. The molecule has 4 heteroatoms. The van der Waals surface area contributed by atoms with Crippen LogP contribution in [0.2, 0.25) is 0 Å². The molecule has 2 heterocycles. The van der Waals surface area contributed by atoms with Crippen molar-refractivity contribution in [3.05, 3.63) is 48.1 Å². The van der Waals surface area contributed by atoms with E-state index >= 15 is 0 Å². The van der Waals surface area contributed by atoms with Crippen molar-refractivity contribution in [1.29, 1.82) is 0 Å². The molecule has 3 rings (SSSR count). The van der Waals surface area contributed by atoms with Gasteiger partial charge in [-0.15, -0.1) is 0 Å². The molecule has 0 aliphatic carbocycles. The first-order chi connectivity index (χ1) is 9.24. The van der Waals surface area contributed by atoms with Crippen LogP contribution in [0.25, 0.3) is 11.1 Å². The number of nitrogens with one attached hydrogen (secondary N) is 1. The van der Waals surface area contributed by atoms with E-state index < -0.39 is 0 Å². The second kappa shape index (κ2) is 4.80. The van der Waals surface area contributed by atoms with Crippen LogP contribution in [0.3, 0.4) is 0 Å². The zero-order valence-electron chi connectivity index (χ0n) is 11.2. The molecular weight excluding hydrogens is 238 g/mol. The van der Waals surface area contributed by atoms with Crippen LogP contribution >= 0.6 is 0 Å². The maximum Gasteiger partial charge on any atom is 0.192 e. The van der Waals surface area contributed by atoms with Crippen LogP contribution in [0.5, 0.6) is 0 Å². The maximum absolute atomic E-state index is 5.46. The molecule has 0 spiro atoms. The normalized spacial score (nSPS) is 11.1. The summed E-state index contributed by atoms with van der Waals surface area (Å²) in [5, 5.41) is 3.40. The highest BCUT2D eigenvalue weighted by Crippen LogP contribution is 2.20. The summed E-state index contributed by atoms with van der Waals surface area (Å²) in [5.74, 6) is 0.701. The number of benzene rings is 1. The summed E-state index contributed by atoms with van der Waals surface area (Å²) in [6.07, 6.45) is 4.26. The Labute approximate surface area is 112 Å². The third-order valence-electron chi connectivity index (χ3n) is 3.17. The number of hydrogen-bond donors (Lipinski definition) is 1. The van der Waals surface area contributed by atoms with E-state index in [0.717, 1.165) is 29.9 Å². The lowest BCUT2D eigenvalue weighted by Crippen LogP contribution is -1.98. The zero-order valence-corrected chi connectivity index (χ0v) is 11.2. The average Bonchev–Trinajstić information content (AvgIpc) is 3.00. The van der Waals surface area contributed by atoms with Gasteiger partial charge < -0.3 is 14.3 Å². The quantitative estimate of drug-likeness (QED) is 0.775. The predicted octanol–water partition coefficient (Wildman–Crippen LogP) is 3.57. The highest BCUT2D eigenvalue weighted by atomic mass is 16.3. The van der Waals surface area contributed by atoms with Crippen molar-refractivity contribution in [2.75, 3.05) is 5.32 Å². The third-order valence-corrected chi connectivity index (χ3v) is 3.17. The molecule has 0 radical (unpaired) electrons. The van der Waals surface area contributed by atoms with E-state index in [1.165, 1.54) is 5.56 Å². The number of aromatic nitrogens is 2. The molecule has 1 N–H and O–H groups in total. The molecule has 0 fully saturated rings. The summed E-state index contributed by atoms with van der Waals surface area (Å²) in [5.41, 5.74) is 4.07. The largest absolute Gasteiger partial charge is 0.441 e. The molecule has 0 bridgehead atoms. The van der Waals surface area contributed by atoms with Crippen LogP contribution in [0, 0.1) is 6.92 Å². The lowest BCUT2D eigenvalue weighted by molar-refractivity contribution is 0.561. The van der Waals surface area contributed by atoms with Crippen LogP contribution < -0.4 is 5.32 Å². The summed E-state index contributed by atoms with van der Waals surface area (Å²) >= 11 is 0. The SMILES string of the molecule is CCn1ccc(CNc2ccc3oc(C)nc3c2)c1. The first-order valence-electron chi connectivity index (χ1n) is 6.50. The summed E-state index contributed by atoms with van der Waals surface area (Å²) in [6.45, 7) is 5.82. The second-order valence-corrected chi connectivity index (χ2v) is 4.62. The summed E-state index contributed by atoms with van der Waals surface area (Å²) in [4.78, 5) is 4.34. The third kappa shape index (κ3) is 2.47. The van der Waals surface area contributed by atoms with Gasteiger partial charge in [-0.2, -0.15) is 0 Å². The van der Waals surface area contributed by atoms with E-state index in [0.29, 0.717) is 5.89 Å². The summed E-state index contributed by atoms with van der Waals surface area (Å²) in [7, 11) is 0. The molecule has 0 aliphatic rings. The highest BCUT2D eigenvalue weighted by Gasteiger charge is 2.03. The molecule has 0 saturated carbocycles. The van der Waals surface area contributed by atoms with Crippen molar-refractivity contribution in [3.8, 4) is 0 Å². The van der Waals surface area contributed by atoms with Crippen LogP contribution in [0.4, 0.5) is 5.69 Å². The lowest BCUT2D eigenvalue weighted by Gasteiger charge is -2.04. The Morgan fingerprint density at radius 3 is 3.00 bits per heavy atom. The fourth-order valence-corrected chi connectivity index (χ4v) is 2.15. The fourth-order valence-electron chi connectivity index (χ4n) is 2.15. The fraction of sp³-hybridized carbons (Fsp3) is 0.267. The molecule has 0 aliphatic heterocycles. The van der Waals surface area contributed by atoms with E-state index in [1.54, 1.807) is 0 Å². The van der Waals surface area contributed by atoms with Gasteiger partial charge >= 0.3 is 0 Å². The van der Waals surface area contributed by atoms with Gasteiger partial charge in [0, 0.05) is 38.1 Å². The van der Waals surface area contributed by atoms with Crippen molar-refractivity contribution >= 4 is 16.8 Å². The van der Waals surface area contributed by atoms with Crippen LogP contribution in [-0.4, -0.2) is 9.55 Å². The molecular formula is C15H17N3O. The number of rotatable bonds is 4.